The Bertz CT molecular complexity index is 998. The summed E-state index contributed by atoms with van der Waals surface area (Å²) in [5.41, 5.74) is 1.21. The molecule has 1 saturated carbocycles. The van der Waals surface area contributed by atoms with Gasteiger partial charge in [-0.05, 0) is 54.3 Å². The van der Waals surface area contributed by atoms with E-state index in [1.165, 1.54) is 18.2 Å². The molecule has 2 aromatic rings. The van der Waals surface area contributed by atoms with Gasteiger partial charge in [0.05, 0.1) is 4.92 Å². The lowest BCUT2D eigenvalue weighted by atomic mass is 10.1. The highest BCUT2D eigenvalue weighted by molar-refractivity contribution is 6.18. The summed E-state index contributed by atoms with van der Waals surface area (Å²) >= 11 is 0. The highest BCUT2D eigenvalue weighted by Gasteiger charge is 2.47. The van der Waals surface area contributed by atoms with E-state index in [-0.39, 0.29) is 17.9 Å². The predicted molar refractivity (Wildman–Crippen MR) is 105 cm³/mol. The molecule has 154 valence electrons. The van der Waals surface area contributed by atoms with Gasteiger partial charge in [0.15, 0.2) is 0 Å². The van der Waals surface area contributed by atoms with Crippen LogP contribution in [0.1, 0.15) is 36.8 Å². The van der Waals surface area contributed by atoms with E-state index in [1.54, 1.807) is 36.4 Å². The maximum atomic E-state index is 12.4. The molecule has 1 heterocycles. The number of benzene rings is 2. The zero-order chi connectivity index (χ0) is 21.1. The third-order valence-electron chi connectivity index (χ3n) is 5.08. The Morgan fingerprint density at radius 2 is 1.70 bits per heavy atom. The monoisotopic (exact) mass is 409 g/mol. The van der Waals surface area contributed by atoms with Crippen LogP contribution in [0.5, 0.6) is 5.75 Å². The molecule has 8 heteroatoms. The van der Waals surface area contributed by atoms with Crippen molar-refractivity contribution in [2.45, 2.75) is 38.1 Å². The topological polar surface area (TPSA) is 105 Å². The number of hydrogen-bond acceptors (Lipinski definition) is 7. The van der Waals surface area contributed by atoms with E-state index >= 15 is 0 Å². The standard InChI is InChI=1S/C22H19NO7/c24-20-19(21(25)30-22(29-20)10-1-2-11-22)13-16-4-3-5-18(12-16)28-14-15-6-8-17(9-7-15)23(26)27/h3-9,12-13H,1-2,10-11,14H2. The molecule has 2 aromatic carbocycles. The predicted octanol–water partition coefficient (Wildman–Crippen LogP) is 3.93. The summed E-state index contributed by atoms with van der Waals surface area (Å²) in [6.45, 7) is 0.213. The first-order chi connectivity index (χ1) is 14.4. The number of rotatable bonds is 5. The first kappa shape index (κ1) is 19.6. The Kier molecular flexibility index (Phi) is 5.22. The molecule has 1 aliphatic heterocycles. The van der Waals surface area contributed by atoms with Crippen LogP contribution in [0.25, 0.3) is 6.08 Å². The molecule has 1 aliphatic carbocycles. The molecule has 0 atom stereocenters. The van der Waals surface area contributed by atoms with Gasteiger partial charge in [0.25, 0.3) is 11.5 Å². The lowest BCUT2D eigenvalue weighted by molar-refractivity contribution is -0.384. The van der Waals surface area contributed by atoms with Gasteiger partial charge in [-0.15, -0.1) is 0 Å². The van der Waals surface area contributed by atoms with E-state index in [9.17, 15) is 19.7 Å². The summed E-state index contributed by atoms with van der Waals surface area (Å²) in [7, 11) is 0. The van der Waals surface area contributed by atoms with Gasteiger partial charge in [0, 0.05) is 25.0 Å². The number of nitro benzene ring substituents is 1. The summed E-state index contributed by atoms with van der Waals surface area (Å²) in [5, 5.41) is 10.7. The van der Waals surface area contributed by atoms with Gasteiger partial charge in [0.2, 0.25) is 0 Å². The molecule has 2 fully saturated rings. The van der Waals surface area contributed by atoms with E-state index in [0.717, 1.165) is 18.4 Å². The van der Waals surface area contributed by atoms with E-state index in [2.05, 4.69) is 0 Å². The number of nitrogens with zero attached hydrogens (tertiary/aromatic N) is 1. The second-order valence-electron chi connectivity index (χ2n) is 7.24. The zero-order valence-electron chi connectivity index (χ0n) is 16.0. The van der Waals surface area contributed by atoms with Crippen molar-refractivity contribution in [3.63, 3.8) is 0 Å². The van der Waals surface area contributed by atoms with E-state index in [1.807, 2.05) is 0 Å². The third-order valence-corrected chi connectivity index (χ3v) is 5.08. The Labute approximate surface area is 172 Å². The molecule has 1 spiro atoms. The van der Waals surface area contributed by atoms with Crippen molar-refractivity contribution < 1.29 is 28.7 Å². The molecular formula is C22H19NO7. The van der Waals surface area contributed by atoms with Crippen LogP contribution >= 0.6 is 0 Å². The number of esters is 2. The van der Waals surface area contributed by atoms with Crippen molar-refractivity contribution in [2.24, 2.45) is 0 Å². The van der Waals surface area contributed by atoms with Crippen LogP contribution in [-0.2, 0) is 25.7 Å². The second-order valence-corrected chi connectivity index (χ2v) is 7.24. The molecule has 1 saturated heterocycles. The molecule has 2 aliphatic rings. The van der Waals surface area contributed by atoms with Crippen LogP contribution in [0.4, 0.5) is 5.69 Å². The first-order valence-corrected chi connectivity index (χ1v) is 9.59. The Balaban J connectivity index is 1.44. The second kappa shape index (κ2) is 7.98. The molecule has 4 rings (SSSR count). The number of ether oxygens (including phenoxy) is 3. The van der Waals surface area contributed by atoms with Crippen molar-refractivity contribution in [1.29, 1.82) is 0 Å². The summed E-state index contributed by atoms with van der Waals surface area (Å²) in [6.07, 6.45) is 4.19. The van der Waals surface area contributed by atoms with Gasteiger partial charge in [-0.1, -0.05) is 12.1 Å². The minimum Gasteiger partial charge on any atom is -0.489 e. The van der Waals surface area contributed by atoms with Gasteiger partial charge < -0.3 is 14.2 Å². The smallest absolute Gasteiger partial charge is 0.348 e. The van der Waals surface area contributed by atoms with Crippen molar-refractivity contribution in [3.8, 4) is 5.75 Å². The lowest BCUT2D eigenvalue weighted by Gasteiger charge is -2.32. The third kappa shape index (κ3) is 4.17. The fourth-order valence-corrected chi connectivity index (χ4v) is 3.53. The van der Waals surface area contributed by atoms with Crippen LogP contribution in [0.3, 0.4) is 0 Å². The molecule has 0 radical (unpaired) electrons. The number of carbonyl (C=O) groups excluding carboxylic acids is 2. The van der Waals surface area contributed by atoms with Gasteiger partial charge in [-0.3, -0.25) is 10.1 Å². The maximum Gasteiger partial charge on any atom is 0.348 e. The summed E-state index contributed by atoms with van der Waals surface area (Å²) in [4.78, 5) is 35.0. The lowest BCUT2D eigenvalue weighted by Crippen LogP contribution is -2.44. The Morgan fingerprint density at radius 3 is 2.33 bits per heavy atom. The van der Waals surface area contributed by atoms with Crippen LogP contribution in [0.15, 0.2) is 54.1 Å². The molecule has 0 unspecified atom stereocenters. The molecule has 8 nitrogen and oxygen atoms in total. The number of nitro groups is 1. The number of non-ortho nitro benzene ring substituents is 1. The Morgan fingerprint density at radius 1 is 1.03 bits per heavy atom. The number of hydrogen-bond donors (Lipinski definition) is 0. The summed E-state index contributed by atoms with van der Waals surface area (Å²) < 4.78 is 16.6. The van der Waals surface area contributed by atoms with E-state index in [4.69, 9.17) is 14.2 Å². The van der Waals surface area contributed by atoms with E-state index in [0.29, 0.717) is 24.2 Å². The van der Waals surface area contributed by atoms with Gasteiger partial charge in [-0.25, -0.2) is 9.59 Å². The average molecular weight is 409 g/mol. The summed E-state index contributed by atoms with van der Waals surface area (Å²) in [6, 6.07) is 12.9. The Hall–Kier alpha value is -3.68. The highest BCUT2D eigenvalue weighted by Crippen LogP contribution is 2.38. The molecule has 30 heavy (non-hydrogen) atoms. The minimum absolute atomic E-state index is 0.0120. The molecule has 0 aromatic heterocycles. The van der Waals surface area contributed by atoms with Crippen LogP contribution in [0.2, 0.25) is 0 Å². The number of carbonyl (C=O) groups is 2. The minimum atomic E-state index is -1.10. The maximum absolute atomic E-state index is 12.4. The van der Waals surface area contributed by atoms with Crippen molar-refractivity contribution in [3.05, 3.63) is 75.3 Å². The largest absolute Gasteiger partial charge is 0.489 e. The van der Waals surface area contributed by atoms with Gasteiger partial charge in [0.1, 0.15) is 17.9 Å². The molecule has 0 bridgehead atoms. The fraction of sp³-hybridized carbons (Fsp3) is 0.273. The highest BCUT2D eigenvalue weighted by atomic mass is 16.7. The summed E-state index contributed by atoms with van der Waals surface area (Å²) in [5.74, 6) is -1.93. The van der Waals surface area contributed by atoms with Crippen molar-refractivity contribution in [2.75, 3.05) is 0 Å². The van der Waals surface area contributed by atoms with E-state index < -0.39 is 22.6 Å². The van der Waals surface area contributed by atoms with Crippen molar-refractivity contribution >= 4 is 23.7 Å². The average Bonchev–Trinajstić information content (AvgIpc) is 3.17. The molecule has 0 amide bonds. The molecule has 0 N–H and O–H groups in total. The first-order valence-electron chi connectivity index (χ1n) is 9.59. The van der Waals surface area contributed by atoms with Crippen LogP contribution < -0.4 is 4.74 Å². The van der Waals surface area contributed by atoms with Gasteiger partial charge >= 0.3 is 11.9 Å². The van der Waals surface area contributed by atoms with Crippen LogP contribution in [0, 0.1) is 10.1 Å². The normalized spacial score (nSPS) is 17.4. The molecular weight excluding hydrogens is 390 g/mol. The van der Waals surface area contributed by atoms with Crippen molar-refractivity contribution in [1.82, 2.24) is 0 Å². The zero-order valence-corrected chi connectivity index (χ0v) is 16.0. The fourth-order valence-electron chi connectivity index (χ4n) is 3.53. The SMILES string of the molecule is O=C1OC2(CCCC2)OC(=O)C1=Cc1cccc(OCc2ccc([N+](=O)[O-])cc2)c1. The quantitative estimate of drug-likeness (QED) is 0.242. The van der Waals surface area contributed by atoms with Crippen LogP contribution in [-0.4, -0.2) is 22.6 Å². The van der Waals surface area contributed by atoms with Gasteiger partial charge in [-0.2, -0.15) is 0 Å².